The van der Waals surface area contributed by atoms with Crippen molar-refractivity contribution in [1.82, 2.24) is 9.97 Å². The number of rotatable bonds is 6. The highest BCUT2D eigenvalue weighted by atomic mass is 35.5. The van der Waals surface area contributed by atoms with Crippen molar-refractivity contribution in [3.8, 4) is 0 Å². The van der Waals surface area contributed by atoms with Crippen molar-refractivity contribution in [3.05, 3.63) is 16.5 Å². The molecule has 0 aromatic carbocycles. The Morgan fingerprint density at radius 3 is 2.78 bits per heavy atom. The molecule has 0 radical (unpaired) electrons. The highest BCUT2D eigenvalue weighted by Gasteiger charge is 2.18. The van der Waals surface area contributed by atoms with Gasteiger partial charge in [0.05, 0.1) is 19.4 Å². The van der Waals surface area contributed by atoms with E-state index in [4.69, 9.17) is 21.1 Å². The number of halogens is 1. The van der Waals surface area contributed by atoms with E-state index in [0.717, 1.165) is 0 Å². The molecular weight excluding hydrogens is 258 g/mol. The van der Waals surface area contributed by atoms with Gasteiger partial charge in [0.15, 0.2) is 0 Å². The molecule has 0 amide bonds. The summed E-state index contributed by atoms with van der Waals surface area (Å²) >= 11 is 5.76. The number of hydrogen-bond donors (Lipinski definition) is 1. The lowest BCUT2D eigenvalue weighted by Gasteiger charge is -2.11. The van der Waals surface area contributed by atoms with Gasteiger partial charge in [0.1, 0.15) is 11.4 Å². The summed E-state index contributed by atoms with van der Waals surface area (Å²) in [4.78, 5) is 19.6. The van der Waals surface area contributed by atoms with E-state index < -0.39 is 5.97 Å². The molecule has 0 aliphatic rings. The maximum atomic E-state index is 11.6. The Hall–Kier alpha value is -1.40. The molecule has 0 saturated carbocycles. The Labute approximate surface area is 111 Å². The quantitative estimate of drug-likeness (QED) is 0.483. The van der Waals surface area contributed by atoms with Gasteiger partial charge in [0.2, 0.25) is 5.28 Å². The topological polar surface area (TPSA) is 73.3 Å². The van der Waals surface area contributed by atoms with Gasteiger partial charge < -0.3 is 14.8 Å². The number of carbonyl (C=O) groups excluding carboxylic acids is 1. The normalized spacial score (nSPS) is 10.2. The highest BCUT2D eigenvalue weighted by Crippen LogP contribution is 2.19. The number of anilines is 1. The summed E-state index contributed by atoms with van der Waals surface area (Å²) in [5.41, 5.74) is 0.763. The second kappa shape index (κ2) is 7.13. The monoisotopic (exact) mass is 273 g/mol. The van der Waals surface area contributed by atoms with Crippen molar-refractivity contribution in [2.75, 3.05) is 32.2 Å². The number of ether oxygens (including phenoxy) is 2. The van der Waals surface area contributed by atoms with Crippen LogP contribution in [-0.2, 0) is 9.47 Å². The lowest BCUT2D eigenvalue weighted by Crippen LogP contribution is -2.16. The largest absolute Gasteiger partial charge is 0.465 e. The van der Waals surface area contributed by atoms with Crippen LogP contribution in [-0.4, -0.2) is 42.8 Å². The molecule has 0 aliphatic heterocycles. The minimum Gasteiger partial charge on any atom is -0.465 e. The summed E-state index contributed by atoms with van der Waals surface area (Å²) in [5, 5.41) is 3.07. The molecule has 0 atom stereocenters. The summed E-state index contributed by atoms with van der Waals surface area (Å²) in [6, 6.07) is 0. The van der Waals surface area contributed by atoms with Crippen molar-refractivity contribution < 1.29 is 14.3 Å². The molecule has 1 aromatic rings. The smallest absolute Gasteiger partial charge is 0.343 e. The molecule has 1 rings (SSSR count). The van der Waals surface area contributed by atoms with Gasteiger partial charge in [0.25, 0.3) is 0 Å². The SMILES string of the molecule is CCOCCNc1nc(Cl)nc(C)c1C(=O)OC. The zero-order valence-electron chi connectivity index (χ0n) is 10.6. The van der Waals surface area contributed by atoms with Crippen molar-refractivity contribution in [2.45, 2.75) is 13.8 Å². The molecule has 0 aliphatic carbocycles. The van der Waals surface area contributed by atoms with Gasteiger partial charge in [-0.1, -0.05) is 0 Å². The van der Waals surface area contributed by atoms with Crippen molar-refractivity contribution in [2.24, 2.45) is 0 Å². The lowest BCUT2D eigenvalue weighted by atomic mass is 10.2. The molecule has 0 bridgehead atoms. The number of nitrogens with one attached hydrogen (secondary N) is 1. The molecule has 0 saturated heterocycles. The molecule has 18 heavy (non-hydrogen) atoms. The third-order valence-corrected chi connectivity index (χ3v) is 2.36. The van der Waals surface area contributed by atoms with Gasteiger partial charge >= 0.3 is 5.97 Å². The zero-order valence-corrected chi connectivity index (χ0v) is 11.4. The number of carbonyl (C=O) groups is 1. The first-order chi connectivity index (χ1) is 8.60. The molecule has 0 fully saturated rings. The van der Waals surface area contributed by atoms with E-state index >= 15 is 0 Å². The second-order valence-electron chi connectivity index (χ2n) is 3.42. The first-order valence-corrected chi connectivity index (χ1v) is 5.92. The minimum atomic E-state index is -0.497. The van der Waals surface area contributed by atoms with E-state index in [1.807, 2.05) is 6.92 Å². The van der Waals surface area contributed by atoms with Crippen LogP contribution in [0.3, 0.4) is 0 Å². The third-order valence-electron chi connectivity index (χ3n) is 2.20. The fourth-order valence-corrected chi connectivity index (χ4v) is 1.61. The maximum Gasteiger partial charge on any atom is 0.343 e. The van der Waals surface area contributed by atoms with E-state index in [2.05, 4.69) is 15.3 Å². The molecule has 0 unspecified atom stereocenters. The number of esters is 1. The Balaban J connectivity index is 2.89. The molecule has 1 heterocycles. The summed E-state index contributed by atoms with van der Waals surface area (Å²) in [7, 11) is 1.31. The van der Waals surface area contributed by atoms with Crippen molar-refractivity contribution >= 4 is 23.4 Å². The first-order valence-electron chi connectivity index (χ1n) is 5.54. The highest BCUT2D eigenvalue weighted by molar-refractivity contribution is 6.28. The number of hydrogen-bond acceptors (Lipinski definition) is 6. The van der Waals surface area contributed by atoms with Gasteiger partial charge in [-0.25, -0.2) is 9.78 Å². The maximum absolute atomic E-state index is 11.6. The van der Waals surface area contributed by atoms with Crippen LogP contribution in [0.4, 0.5) is 5.82 Å². The number of aryl methyl sites for hydroxylation is 1. The fraction of sp³-hybridized carbons (Fsp3) is 0.545. The molecule has 1 N–H and O–H groups in total. The van der Waals surface area contributed by atoms with E-state index in [1.54, 1.807) is 6.92 Å². The van der Waals surface area contributed by atoms with Gasteiger partial charge in [-0.3, -0.25) is 0 Å². The van der Waals surface area contributed by atoms with Crippen LogP contribution < -0.4 is 5.32 Å². The van der Waals surface area contributed by atoms with Gasteiger partial charge in [-0.05, 0) is 25.4 Å². The van der Waals surface area contributed by atoms with E-state index in [-0.39, 0.29) is 5.28 Å². The van der Waals surface area contributed by atoms with Crippen molar-refractivity contribution in [3.63, 3.8) is 0 Å². The predicted molar refractivity (Wildman–Crippen MR) is 68.1 cm³/mol. The Bertz CT molecular complexity index is 426. The fourth-order valence-electron chi connectivity index (χ4n) is 1.40. The van der Waals surface area contributed by atoms with Crippen molar-refractivity contribution in [1.29, 1.82) is 0 Å². The number of methoxy groups -OCH3 is 1. The Morgan fingerprint density at radius 1 is 1.44 bits per heavy atom. The summed E-state index contributed by atoms with van der Waals surface area (Å²) in [5.74, 6) is -0.137. The molecular formula is C11H16ClN3O3. The summed E-state index contributed by atoms with van der Waals surface area (Å²) in [6.07, 6.45) is 0. The van der Waals surface area contributed by atoms with Gasteiger partial charge in [0, 0.05) is 13.2 Å². The van der Waals surface area contributed by atoms with Crippen LogP contribution in [0.1, 0.15) is 23.0 Å². The van der Waals surface area contributed by atoms with E-state index in [9.17, 15) is 4.79 Å². The predicted octanol–water partition coefficient (Wildman–Crippen LogP) is 1.67. The van der Waals surface area contributed by atoms with Crippen LogP contribution in [0, 0.1) is 6.92 Å². The summed E-state index contributed by atoms with van der Waals surface area (Å²) in [6.45, 7) is 5.25. The lowest BCUT2D eigenvalue weighted by molar-refractivity contribution is 0.0600. The third kappa shape index (κ3) is 3.82. The first kappa shape index (κ1) is 14.7. The van der Waals surface area contributed by atoms with Crippen LogP contribution in [0.5, 0.6) is 0 Å². The molecule has 6 nitrogen and oxygen atoms in total. The average molecular weight is 274 g/mol. The number of nitrogens with zero attached hydrogens (tertiary/aromatic N) is 2. The Kier molecular flexibility index (Phi) is 5.80. The Morgan fingerprint density at radius 2 is 2.17 bits per heavy atom. The molecule has 0 spiro atoms. The van der Waals surface area contributed by atoms with E-state index in [0.29, 0.717) is 36.8 Å². The van der Waals surface area contributed by atoms with Gasteiger partial charge in [-0.2, -0.15) is 4.98 Å². The van der Waals surface area contributed by atoms with Crippen LogP contribution in [0.2, 0.25) is 5.28 Å². The van der Waals surface area contributed by atoms with Crippen LogP contribution in [0.25, 0.3) is 0 Å². The summed E-state index contributed by atoms with van der Waals surface area (Å²) < 4.78 is 9.88. The zero-order chi connectivity index (χ0) is 13.5. The average Bonchev–Trinajstić information content (AvgIpc) is 2.33. The number of aromatic nitrogens is 2. The minimum absolute atomic E-state index is 0.0825. The van der Waals surface area contributed by atoms with Crippen LogP contribution >= 0.6 is 11.6 Å². The van der Waals surface area contributed by atoms with E-state index in [1.165, 1.54) is 7.11 Å². The van der Waals surface area contributed by atoms with Gasteiger partial charge in [-0.15, -0.1) is 0 Å². The molecule has 1 aromatic heterocycles. The van der Waals surface area contributed by atoms with Crippen LogP contribution in [0.15, 0.2) is 0 Å². The standard InChI is InChI=1S/C11H16ClN3O3/c1-4-18-6-5-13-9-8(10(16)17-3)7(2)14-11(12)15-9/h4-6H2,1-3H3,(H,13,14,15). The second-order valence-corrected chi connectivity index (χ2v) is 3.75. The molecule has 7 heteroatoms. The molecule has 100 valence electrons.